The molecular weight excluding hydrogens is 447 g/mol. The molecule has 0 heterocycles. The van der Waals surface area contributed by atoms with Crippen molar-refractivity contribution in [3.63, 3.8) is 0 Å². The van der Waals surface area contributed by atoms with Crippen LogP contribution in [0.1, 0.15) is 16.7 Å². The van der Waals surface area contributed by atoms with Gasteiger partial charge in [-0.25, -0.2) is 0 Å². The summed E-state index contributed by atoms with van der Waals surface area (Å²) < 4.78 is 0. The van der Waals surface area contributed by atoms with E-state index >= 15 is 0 Å². The standard InChI is InChI=1S/C19H13.C7H8O.2ClH.Ti/c1-2-7-14(8-3-1)16-11-6-12-18-17-10-5-4-9-15(17)13-19(16)18;8-6-7-4-2-1-3-5-7;;;/h1-7,9-12H,13H2;1-5,8H,6H2;2*1H;/q-1;;;;+2/p-2. The predicted octanol–water partition coefficient (Wildman–Crippen LogP) is 7.28. The van der Waals surface area contributed by atoms with Crippen LogP contribution in [-0.2, 0) is 30.1 Å². The molecule has 1 nitrogen and oxygen atoms in total. The third-order valence-corrected chi connectivity index (χ3v) is 4.88. The van der Waals surface area contributed by atoms with Gasteiger partial charge < -0.3 is 5.11 Å². The molecule has 1 aliphatic rings. The fourth-order valence-electron chi connectivity index (χ4n) is 3.55. The SMILES string of the molecule is OCc1ccccc1.[Cl][Ti][Cl].[c-]1ccccc1-c1cccc2c1Cc1ccccc1-2. The summed E-state index contributed by atoms with van der Waals surface area (Å²) in [5.41, 5.74) is 9.10. The molecule has 0 aromatic heterocycles. The molecule has 0 aliphatic heterocycles. The molecule has 0 saturated carbocycles. The summed E-state index contributed by atoms with van der Waals surface area (Å²) in [5.74, 6) is 0. The molecule has 0 fully saturated rings. The van der Waals surface area contributed by atoms with Gasteiger partial charge in [-0.15, -0.1) is 35.9 Å². The Kier molecular flexibility index (Phi) is 9.20. The quantitative estimate of drug-likeness (QED) is 0.213. The van der Waals surface area contributed by atoms with Crippen LogP contribution < -0.4 is 0 Å². The summed E-state index contributed by atoms with van der Waals surface area (Å²) in [6.07, 6.45) is 1.03. The Balaban J connectivity index is 0.000000195. The Hall–Kier alpha value is -1.87. The molecule has 0 atom stereocenters. The van der Waals surface area contributed by atoms with Gasteiger partial charge >= 0.3 is 35.6 Å². The number of fused-ring (bicyclic) bond motifs is 3. The first-order valence-electron chi connectivity index (χ1n) is 9.56. The summed E-state index contributed by atoms with van der Waals surface area (Å²) in [6, 6.07) is 36.4. The second kappa shape index (κ2) is 12.1. The van der Waals surface area contributed by atoms with Crippen molar-refractivity contribution in [3.8, 4) is 22.3 Å². The Bertz CT molecular complexity index is 1050. The minimum Gasteiger partial charge on any atom is -0.147 e. The van der Waals surface area contributed by atoms with Gasteiger partial charge in [0.15, 0.2) is 0 Å². The first kappa shape index (κ1) is 22.8. The van der Waals surface area contributed by atoms with Gasteiger partial charge in [-0.1, -0.05) is 83.9 Å². The summed E-state index contributed by atoms with van der Waals surface area (Å²) in [6.45, 7) is 0.140. The van der Waals surface area contributed by atoms with Crippen molar-refractivity contribution < 1.29 is 22.1 Å². The van der Waals surface area contributed by atoms with Crippen LogP contribution >= 0.6 is 18.6 Å². The molecule has 4 aromatic rings. The molecule has 1 aliphatic carbocycles. The number of benzene rings is 4. The molecule has 4 heteroatoms. The van der Waals surface area contributed by atoms with Crippen molar-refractivity contribution in [1.82, 2.24) is 0 Å². The van der Waals surface area contributed by atoms with Crippen LogP contribution in [0.5, 0.6) is 0 Å². The van der Waals surface area contributed by atoms with Crippen LogP contribution in [0.25, 0.3) is 22.3 Å². The number of halogens is 2. The van der Waals surface area contributed by atoms with Gasteiger partial charge in [0.1, 0.15) is 0 Å². The average Bonchev–Trinajstić information content (AvgIpc) is 3.20. The summed E-state index contributed by atoms with van der Waals surface area (Å²) in [4.78, 5) is 0. The van der Waals surface area contributed by atoms with Crippen LogP contribution in [-0.4, -0.2) is 5.11 Å². The van der Waals surface area contributed by atoms with Crippen LogP contribution in [0.4, 0.5) is 0 Å². The Labute approximate surface area is 195 Å². The number of aliphatic hydroxyl groups is 1. The van der Waals surface area contributed by atoms with E-state index in [9.17, 15) is 0 Å². The molecule has 0 radical (unpaired) electrons. The van der Waals surface area contributed by atoms with Crippen molar-refractivity contribution in [2.24, 2.45) is 0 Å². The monoisotopic (exact) mass is 467 g/mol. The van der Waals surface area contributed by atoms with Gasteiger partial charge in [0.2, 0.25) is 0 Å². The maximum atomic E-state index is 8.54. The molecule has 0 unspecified atom stereocenters. The molecule has 30 heavy (non-hydrogen) atoms. The Morgan fingerprint density at radius 2 is 1.37 bits per heavy atom. The van der Waals surface area contributed by atoms with E-state index in [0.717, 1.165) is 12.0 Å². The van der Waals surface area contributed by atoms with Gasteiger partial charge in [0, 0.05) is 0 Å². The smallest absolute Gasteiger partial charge is 0.00948 e. The molecule has 4 aromatic carbocycles. The molecule has 0 saturated heterocycles. The van der Waals surface area contributed by atoms with Crippen LogP contribution in [0.15, 0.2) is 97.1 Å². The average molecular weight is 468 g/mol. The van der Waals surface area contributed by atoms with E-state index in [1.165, 1.54) is 33.4 Å². The molecule has 0 spiro atoms. The van der Waals surface area contributed by atoms with E-state index in [1.54, 1.807) is 0 Å². The summed E-state index contributed by atoms with van der Waals surface area (Å²) >= 11 is -0.556. The van der Waals surface area contributed by atoms with Gasteiger partial charge in [0.25, 0.3) is 0 Å². The largest absolute Gasteiger partial charge is 0.147 e. The van der Waals surface area contributed by atoms with Crippen LogP contribution in [0.2, 0.25) is 0 Å². The third-order valence-electron chi connectivity index (χ3n) is 4.88. The number of aliphatic hydroxyl groups excluding tert-OH is 1. The van der Waals surface area contributed by atoms with Crippen molar-refractivity contribution in [2.45, 2.75) is 13.0 Å². The predicted molar refractivity (Wildman–Crippen MR) is 123 cm³/mol. The maximum Gasteiger partial charge on any atom is -0.00948 e. The number of rotatable bonds is 2. The van der Waals surface area contributed by atoms with Gasteiger partial charge in [0.05, 0.1) is 6.61 Å². The minimum atomic E-state index is -0.556. The Morgan fingerprint density at radius 3 is 2.03 bits per heavy atom. The van der Waals surface area contributed by atoms with Gasteiger partial charge in [-0.05, 0) is 28.7 Å². The zero-order chi connectivity index (χ0) is 21.2. The third kappa shape index (κ3) is 5.85. The summed E-state index contributed by atoms with van der Waals surface area (Å²) in [5, 5.41) is 8.54. The van der Waals surface area contributed by atoms with Crippen LogP contribution in [0, 0.1) is 6.07 Å². The molecule has 5 rings (SSSR count). The molecule has 150 valence electrons. The first-order chi connectivity index (χ1) is 14.8. The molecular formula is C26H21Cl2OTi-. The number of hydrogen-bond acceptors (Lipinski definition) is 1. The van der Waals surface area contributed by atoms with Crippen molar-refractivity contribution in [3.05, 3.63) is 120 Å². The Morgan fingerprint density at radius 1 is 0.733 bits per heavy atom. The topological polar surface area (TPSA) is 20.2 Å². The van der Waals surface area contributed by atoms with E-state index in [2.05, 4.69) is 60.7 Å². The van der Waals surface area contributed by atoms with Crippen molar-refractivity contribution in [1.29, 1.82) is 0 Å². The normalized spacial score (nSPS) is 10.5. The van der Waals surface area contributed by atoms with Crippen molar-refractivity contribution >= 4 is 18.6 Å². The van der Waals surface area contributed by atoms with E-state index in [4.69, 9.17) is 23.7 Å². The molecule has 1 N–H and O–H groups in total. The zero-order valence-corrected chi connectivity index (χ0v) is 19.4. The van der Waals surface area contributed by atoms with E-state index in [1.807, 2.05) is 42.5 Å². The van der Waals surface area contributed by atoms with E-state index in [-0.39, 0.29) is 6.61 Å². The molecule has 0 bridgehead atoms. The second-order valence-corrected chi connectivity index (χ2v) is 9.24. The minimum absolute atomic E-state index is 0.140. The first-order valence-corrected chi connectivity index (χ1v) is 13.9. The van der Waals surface area contributed by atoms with Gasteiger partial charge in [-0.2, -0.15) is 0 Å². The van der Waals surface area contributed by atoms with Crippen LogP contribution in [0.3, 0.4) is 0 Å². The zero-order valence-electron chi connectivity index (χ0n) is 16.4. The summed E-state index contributed by atoms with van der Waals surface area (Å²) in [7, 11) is 9.78. The van der Waals surface area contributed by atoms with Gasteiger partial charge in [-0.3, -0.25) is 0 Å². The fraction of sp³-hybridized carbons (Fsp3) is 0.0769. The van der Waals surface area contributed by atoms with Crippen molar-refractivity contribution in [2.75, 3.05) is 0 Å². The van der Waals surface area contributed by atoms with E-state index in [0.29, 0.717) is 0 Å². The van der Waals surface area contributed by atoms with E-state index < -0.39 is 17.0 Å². The maximum absolute atomic E-state index is 8.54. The fourth-order valence-corrected chi connectivity index (χ4v) is 3.55. The molecule has 0 amide bonds. The second-order valence-electron chi connectivity index (χ2n) is 6.66. The number of hydrogen-bond donors (Lipinski definition) is 1.